The van der Waals surface area contributed by atoms with Gasteiger partial charge in [0, 0.05) is 24.5 Å². The van der Waals surface area contributed by atoms with Gasteiger partial charge in [-0.1, -0.05) is 18.2 Å². The molecule has 0 aliphatic carbocycles. The highest BCUT2D eigenvalue weighted by Gasteiger charge is 2.26. The second kappa shape index (κ2) is 9.22. The molecule has 1 fully saturated rings. The van der Waals surface area contributed by atoms with Crippen LogP contribution in [0.2, 0.25) is 0 Å². The van der Waals surface area contributed by atoms with Crippen molar-refractivity contribution in [2.24, 2.45) is 0 Å². The van der Waals surface area contributed by atoms with Crippen molar-refractivity contribution >= 4 is 5.91 Å². The van der Waals surface area contributed by atoms with Crippen molar-refractivity contribution in [2.75, 3.05) is 20.3 Å². The average molecular weight is 354 g/mol. The second-order valence-electron chi connectivity index (χ2n) is 6.54. The monoisotopic (exact) mass is 354 g/mol. The zero-order valence-electron chi connectivity index (χ0n) is 15.3. The Hall–Kier alpha value is -2.56. The van der Waals surface area contributed by atoms with E-state index in [1.807, 2.05) is 53.6 Å². The predicted octanol–water partition coefficient (Wildman–Crippen LogP) is 3.48. The Bertz CT molecular complexity index is 705. The summed E-state index contributed by atoms with van der Waals surface area (Å²) in [5.74, 6) is 1.29. The number of amides is 1. The molecule has 0 saturated carbocycles. The zero-order chi connectivity index (χ0) is 18.2. The van der Waals surface area contributed by atoms with Crippen molar-refractivity contribution in [3.63, 3.8) is 0 Å². The smallest absolute Gasteiger partial charge is 0.260 e. The van der Waals surface area contributed by atoms with Gasteiger partial charge in [0.1, 0.15) is 0 Å². The van der Waals surface area contributed by atoms with Gasteiger partial charge < -0.3 is 14.4 Å². The third-order valence-corrected chi connectivity index (χ3v) is 4.83. The number of para-hydroxylation sites is 2. The van der Waals surface area contributed by atoms with E-state index >= 15 is 0 Å². The lowest BCUT2D eigenvalue weighted by atomic mass is 9.97. The number of rotatable bonds is 7. The van der Waals surface area contributed by atoms with E-state index in [9.17, 15) is 4.79 Å². The lowest BCUT2D eigenvalue weighted by Crippen LogP contribution is -2.46. The minimum absolute atomic E-state index is 0.0421. The molecule has 1 aromatic carbocycles. The molecule has 1 aromatic heterocycles. The third-order valence-electron chi connectivity index (χ3n) is 4.83. The third kappa shape index (κ3) is 4.75. The first-order valence-electron chi connectivity index (χ1n) is 9.23. The van der Waals surface area contributed by atoms with Crippen LogP contribution in [0.5, 0.6) is 11.5 Å². The summed E-state index contributed by atoms with van der Waals surface area (Å²) in [5.41, 5.74) is 1.08. The summed E-state index contributed by atoms with van der Waals surface area (Å²) in [6, 6.07) is 13.6. The molecule has 26 heavy (non-hydrogen) atoms. The number of aryl methyl sites for hydroxylation is 1. The Kier molecular flexibility index (Phi) is 6.47. The molecule has 138 valence electrons. The number of ether oxygens (including phenoxy) is 2. The number of benzene rings is 1. The second-order valence-corrected chi connectivity index (χ2v) is 6.54. The summed E-state index contributed by atoms with van der Waals surface area (Å²) in [7, 11) is 1.60. The normalized spacial score (nSPS) is 17.0. The Morgan fingerprint density at radius 2 is 1.96 bits per heavy atom. The molecule has 2 heterocycles. The molecule has 5 heteroatoms. The standard InChI is InChI=1S/C21H26N2O3/c1-25-19-10-2-3-11-20(19)26-16-21(24)23-15-7-5-9-18(23)13-12-17-8-4-6-14-22-17/h2-4,6,8,10-11,14,18H,5,7,9,12-13,15-16H2,1H3/t18-/m0/s1. The summed E-state index contributed by atoms with van der Waals surface area (Å²) >= 11 is 0. The van der Waals surface area contributed by atoms with Gasteiger partial charge in [0.2, 0.25) is 0 Å². The summed E-state index contributed by atoms with van der Waals surface area (Å²) in [6.45, 7) is 0.849. The lowest BCUT2D eigenvalue weighted by molar-refractivity contribution is -0.137. The number of carbonyl (C=O) groups excluding carboxylic acids is 1. The fraction of sp³-hybridized carbons (Fsp3) is 0.429. The largest absolute Gasteiger partial charge is 0.493 e. The van der Waals surface area contributed by atoms with E-state index in [4.69, 9.17) is 9.47 Å². The number of pyridine rings is 1. The summed E-state index contributed by atoms with van der Waals surface area (Å²) in [6.07, 6.45) is 6.93. The van der Waals surface area contributed by atoms with E-state index in [2.05, 4.69) is 4.98 Å². The van der Waals surface area contributed by atoms with E-state index in [0.29, 0.717) is 11.5 Å². The van der Waals surface area contributed by atoms with Gasteiger partial charge in [0.05, 0.1) is 7.11 Å². The molecule has 0 bridgehead atoms. The maximum atomic E-state index is 12.7. The van der Waals surface area contributed by atoms with Gasteiger partial charge in [-0.15, -0.1) is 0 Å². The van der Waals surface area contributed by atoms with Crippen LogP contribution in [0.15, 0.2) is 48.7 Å². The zero-order valence-corrected chi connectivity index (χ0v) is 15.3. The van der Waals surface area contributed by atoms with Crippen LogP contribution in [-0.4, -0.2) is 42.1 Å². The molecule has 3 rings (SSSR count). The van der Waals surface area contributed by atoms with Gasteiger partial charge in [-0.25, -0.2) is 0 Å². The van der Waals surface area contributed by atoms with Gasteiger partial charge >= 0.3 is 0 Å². The van der Waals surface area contributed by atoms with Gasteiger partial charge in [-0.3, -0.25) is 9.78 Å². The molecule has 1 atom stereocenters. The van der Waals surface area contributed by atoms with Crippen LogP contribution in [-0.2, 0) is 11.2 Å². The first kappa shape index (κ1) is 18.2. The minimum Gasteiger partial charge on any atom is -0.493 e. The quantitative estimate of drug-likeness (QED) is 0.764. The van der Waals surface area contributed by atoms with Gasteiger partial charge in [-0.2, -0.15) is 0 Å². The molecular weight excluding hydrogens is 328 g/mol. The molecule has 0 N–H and O–H groups in total. The molecular formula is C21H26N2O3. The molecule has 1 amide bonds. The van der Waals surface area contributed by atoms with Gasteiger partial charge in [0.15, 0.2) is 18.1 Å². The van der Waals surface area contributed by atoms with E-state index in [1.165, 1.54) is 6.42 Å². The van der Waals surface area contributed by atoms with E-state index in [-0.39, 0.29) is 18.6 Å². The number of aromatic nitrogens is 1. The summed E-state index contributed by atoms with van der Waals surface area (Å²) < 4.78 is 11.0. The van der Waals surface area contributed by atoms with Crippen LogP contribution in [0.1, 0.15) is 31.4 Å². The van der Waals surface area contributed by atoms with E-state index in [1.54, 1.807) is 7.11 Å². The summed E-state index contributed by atoms with van der Waals surface area (Å²) in [4.78, 5) is 19.1. The molecule has 1 saturated heterocycles. The highest BCUT2D eigenvalue weighted by molar-refractivity contribution is 5.78. The van der Waals surface area contributed by atoms with E-state index in [0.717, 1.165) is 37.9 Å². The molecule has 1 aliphatic heterocycles. The summed E-state index contributed by atoms with van der Waals surface area (Å²) in [5, 5.41) is 0. The maximum absolute atomic E-state index is 12.7. The van der Waals surface area contributed by atoms with Crippen molar-refractivity contribution in [3.8, 4) is 11.5 Å². The fourth-order valence-corrected chi connectivity index (χ4v) is 3.45. The Morgan fingerprint density at radius 3 is 2.73 bits per heavy atom. The van der Waals surface area contributed by atoms with Crippen LogP contribution in [0.25, 0.3) is 0 Å². The number of likely N-dealkylation sites (tertiary alicyclic amines) is 1. The van der Waals surface area contributed by atoms with Crippen molar-refractivity contribution < 1.29 is 14.3 Å². The van der Waals surface area contributed by atoms with Crippen LogP contribution in [0, 0.1) is 0 Å². The van der Waals surface area contributed by atoms with Crippen molar-refractivity contribution in [1.82, 2.24) is 9.88 Å². The minimum atomic E-state index is 0.0421. The number of nitrogens with zero attached hydrogens (tertiary/aromatic N) is 2. The first-order valence-corrected chi connectivity index (χ1v) is 9.23. The fourth-order valence-electron chi connectivity index (χ4n) is 3.45. The number of piperidine rings is 1. The first-order chi connectivity index (χ1) is 12.8. The Balaban J connectivity index is 1.57. The van der Waals surface area contributed by atoms with Crippen LogP contribution >= 0.6 is 0 Å². The van der Waals surface area contributed by atoms with Crippen molar-refractivity contribution in [2.45, 2.75) is 38.1 Å². The van der Waals surface area contributed by atoms with Gasteiger partial charge in [0.25, 0.3) is 5.91 Å². The number of hydrogen-bond acceptors (Lipinski definition) is 4. The number of methoxy groups -OCH3 is 1. The maximum Gasteiger partial charge on any atom is 0.260 e. The van der Waals surface area contributed by atoms with Crippen LogP contribution in [0.4, 0.5) is 0 Å². The lowest BCUT2D eigenvalue weighted by Gasteiger charge is -2.35. The molecule has 0 radical (unpaired) electrons. The molecule has 0 spiro atoms. The SMILES string of the molecule is COc1ccccc1OCC(=O)N1CCCC[C@H]1CCc1ccccn1. The van der Waals surface area contributed by atoms with Crippen molar-refractivity contribution in [1.29, 1.82) is 0 Å². The van der Waals surface area contributed by atoms with Crippen LogP contribution < -0.4 is 9.47 Å². The Labute approximate surface area is 155 Å². The van der Waals surface area contributed by atoms with Gasteiger partial charge in [-0.05, 0) is 56.4 Å². The molecule has 5 nitrogen and oxygen atoms in total. The highest BCUT2D eigenvalue weighted by Crippen LogP contribution is 2.26. The van der Waals surface area contributed by atoms with E-state index < -0.39 is 0 Å². The topological polar surface area (TPSA) is 51.7 Å². The average Bonchev–Trinajstić information content (AvgIpc) is 2.71. The molecule has 0 unspecified atom stereocenters. The van der Waals surface area contributed by atoms with Crippen molar-refractivity contribution in [3.05, 3.63) is 54.4 Å². The molecule has 2 aromatic rings. The predicted molar refractivity (Wildman–Crippen MR) is 100 cm³/mol. The Morgan fingerprint density at radius 1 is 1.15 bits per heavy atom. The number of hydrogen-bond donors (Lipinski definition) is 0. The molecule has 1 aliphatic rings. The number of carbonyl (C=O) groups is 1. The van der Waals surface area contributed by atoms with Crippen LogP contribution in [0.3, 0.4) is 0 Å². The highest BCUT2D eigenvalue weighted by atomic mass is 16.5.